The number of hydrogen-bond donors (Lipinski definition) is 1. The Morgan fingerprint density at radius 2 is 2.25 bits per heavy atom. The van der Waals surface area contributed by atoms with E-state index in [1.54, 1.807) is 18.2 Å². The third kappa shape index (κ3) is 2.47. The van der Waals surface area contributed by atoms with E-state index in [0.29, 0.717) is 23.0 Å². The number of ketones is 1. The van der Waals surface area contributed by atoms with Gasteiger partial charge in [0.2, 0.25) is 0 Å². The van der Waals surface area contributed by atoms with E-state index in [2.05, 4.69) is 4.98 Å². The topological polar surface area (TPSA) is 65.2 Å². The number of hydrogen-bond acceptors (Lipinski definition) is 4. The Kier molecular flexibility index (Phi) is 3.32. The standard InChI is InChI=1S/C15H13ClN2O2/c16-11-5-9-3-4-20-15(9)10(6-11)7-14(19)13-2-1-12(17)8-18-13/h1-2,5-6,8H,3-4,7,17H2. The number of carbonyl (C=O) groups is 1. The number of fused-ring (bicyclic) bond motifs is 1. The lowest BCUT2D eigenvalue weighted by Crippen LogP contribution is -2.07. The first-order chi connectivity index (χ1) is 9.63. The molecule has 0 atom stereocenters. The van der Waals surface area contributed by atoms with Gasteiger partial charge in [-0.2, -0.15) is 0 Å². The van der Waals surface area contributed by atoms with Crippen molar-refractivity contribution in [2.75, 3.05) is 12.3 Å². The zero-order chi connectivity index (χ0) is 14.1. The van der Waals surface area contributed by atoms with Crippen LogP contribution >= 0.6 is 11.6 Å². The third-order valence-corrected chi connectivity index (χ3v) is 3.47. The number of rotatable bonds is 3. The summed E-state index contributed by atoms with van der Waals surface area (Å²) in [6.07, 6.45) is 2.53. The van der Waals surface area contributed by atoms with Crippen molar-refractivity contribution in [3.8, 4) is 5.75 Å². The molecule has 4 nitrogen and oxygen atoms in total. The fourth-order valence-electron chi connectivity index (χ4n) is 2.31. The Labute approximate surface area is 121 Å². The van der Waals surface area contributed by atoms with Gasteiger partial charge in [-0.15, -0.1) is 0 Å². The molecule has 0 saturated carbocycles. The summed E-state index contributed by atoms with van der Waals surface area (Å²) in [7, 11) is 0. The van der Waals surface area contributed by atoms with Crippen molar-refractivity contribution in [2.45, 2.75) is 12.8 Å². The van der Waals surface area contributed by atoms with Crippen molar-refractivity contribution in [2.24, 2.45) is 0 Å². The number of nitrogens with two attached hydrogens (primary N) is 1. The van der Waals surface area contributed by atoms with Gasteiger partial charge in [0.15, 0.2) is 5.78 Å². The summed E-state index contributed by atoms with van der Waals surface area (Å²) in [5.41, 5.74) is 8.37. The van der Waals surface area contributed by atoms with Gasteiger partial charge in [-0.25, -0.2) is 0 Å². The summed E-state index contributed by atoms with van der Waals surface area (Å²) in [5, 5.41) is 0.627. The monoisotopic (exact) mass is 288 g/mol. The molecule has 5 heteroatoms. The molecule has 0 fully saturated rings. The van der Waals surface area contributed by atoms with Crippen LogP contribution in [0.15, 0.2) is 30.5 Å². The van der Waals surface area contributed by atoms with Crippen LogP contribution in [0, 0.1) is 0 Å². The lowest BCUT2D eigenvalue weighted by molar-refractivity contribution is 0.0987. The predicted molar refractivity (Wildman–Crippen MR) is 77.3 cm³/mol. The number of benzene rings is 1. The van der Waals surface area contributed by atoms with Crippen molar-refractivity contribution in [1.29, 1.82) is 0 Å². The second-order valence-corrected chi connectivity index (χ2v) is 5.16. The Bertz CT molecular complexity index is 668. The minimum Gasteiger partial charge on any atom is -0.493 e. The molecule has 0 amide bonds. The highest BCUT2D eigenvalue weighted by Gasteiger charge is 2.20. The Balaban J connectivity index is 1.88. The third-order valence-electron chi connectivity index (χ3n) is 3.25. The van der Waals surface area contributed by atoms with Crippen LogP contribution in [0.5, 0.6) is 5.75 Å². The van der Waals surface area contributed by atoms with Gasteiger partial charge in [-0.3, -0.25) is 9.78 Å². The van der Waals surface area contributed by atoms with E-state index in [1.165, 1.54) is 6.20 Å². The van der Waals surface area contributed by atoms with E-state index >= 15 is 0 Å². The van der Waals surface area contributed by atoms with Gasteiger partial charge in [0, 0.05) is 23.4 Å². The van der Waals surface area contributed by atoms with Gasteiger partial charge >= 0.3 is 0 Å². The molecule has 2 N–H and O–H groups in total. The molecule has 0 unspecified atom stereocenters. The number of aromatic nitrogens is 1. The van der Waals surface area contributed by atoms with Crippen LogP contribution in [0.4, 0.5) is 5.69 Å². The second kappa shape index (κ2) is 5.13. The van der Waals surface area contributed by atoms with Crippen LogP contribution in [0.1, 0.15) is 21.6 Å². The van der Waals surface area contributed by atoms with Gasteiger partial charge in [-0.1, -0.05) is 11.6 Å². The number of Topliss-reactive ketones (excluding diaryl/α,β-unsaturated/α-hetero) is 1. The van der Waals surface area contributed by atoms with Gasteiger partial charge in [0.25, 0.3) is 0 Å². The molecule has 3 rings (SSSR count). The highest BCUT2D eigenvalue weighted by Crippen LogP contribution is 2.33. The molecule has 1 aromatic heterocycles. The van der Waals surface area contributed by atoms with Crippen molar-refractivity contribution < 1.29 is 9.53 Å². The average molecular weight is 289 g/mol. The summed E-state index contributed by atoms with van der Waals surface area (Å²) in [6, 6.07) is 6.96. The quantitative estimate of drug-likeness (QED) is 0.882. The van der Waals surface area contributed by atoms with E-state index in [1.807, 2.05) is 6.07 Å². The minimum absolute atomic E-state index is 0.0787. The SMILES string of the molecule is Nc1ccc(C(=O)Cc2cc(Cl)cc3c2OCC3)nc1. The molecule has 0 bridgehead atoms. The summed E-state index contributed by atoms with van der Waals surface area (Å²) in [6.45, 7) is 0.636. The van der Waals surface area contributed by atoms with Crippen molar-refractivity contribution >= 4 is 23.1 Å². The van der Waals surface area contributed by atoms with E-state index < -0.39 is 0 Å². The van der Waals surface area contributed by atoms with Crippen molar-refractivity contribution in [3.63, 3.8) is 0 Å². The summed E-state index contributed by atoms with van der Waals surface area (Å²) in [4.78, 5) is 16.3. The van der Waals surface area contributed by atoms with Crippen molar-refractivity contribution in [1.82, 2.24) is 4.98 Å². The summed E-state index contributed by atoms with van der Waals surface area (Å²) >= 11 is 6.08. The number of anilines is 1. The highest BCUT2D eigenvalue weighted by molar-refractivity contribution is 6.30. The van der Waals surface area contributed by atoms with Crippen LogP contribution in [0.2, 0.25) is 5.02 Å². The molecule has 0 radical (unpaired) electrons. The molecule has 0 spiro atoms. The molecule has 1 aromatic carbocycles. The number of ether oxygens (including phenoxy) is 1. The lowest BCUT2D eigenvalue weighted by Gasteiger charge is -2.08. The Morgan fingerprint density at radius 1 is 1.40 bits per heavy atom. The number of pyridine rings is 1. The maximum atomic E-state index is 12.2. The smallest absolute Gasteiger partial charge is 0.185 e. The summed E-state index contributed by atoms with van der Waals surface area (Å²) in [5.74, 6) is 0.711. The molecule has 1 aliphatic heterocycles. The largest absolute Gasteiger partial charge is 0.493 e. The Morgan fingerprint density at radius 3 is 3.00 bits per heavy atom. The molecule has 102 valence electrons. The second-order valence-electron chi connectivity index (χ2n) is 4.73. The first-order valence-corrected chi connectivity index (χ1v) is 6.70. The van der Waals surface area contributed by atoms with Crippen LogP contribution < -0.4 is 10.5 Å². The maximum Gasteiger partial charge on any atom is 0.185 e. The van der Waals surface area contributed by atoms with Crippen molar-refractivity contribution in [3.05, 3.63) is 52.3 Å². The molecule has 0 aliphatic carbocycles. The maximum absolute atomic E-state index is 12.2. The first kappa shape index (κ1) is 12.9. The van der Waals surface area contributed by atoms with Gasteiger partial charge in [0.1, 0.15) is 11.4 Å². The number of nitrogen functional groups attached to an aromatic ring is 1. The van der Waals surface area contributed by atoms with Gasteiger partial charge in [0.05, 0.1) is 18.5 Å². The molecule has 2 aromatic rings. The fraction of sp³-hybridized carbons (Fsp3) is 0.200. The van der Waals surface area contributed by atoms with Crippen LogP contribution in [-0.2, 0) is 12.8 Å². The van der Waals surface area contributed by atoms with E-state index in [0.717, 1.165) is 23.3 Å². The number of carbonyl (C=O) groups excluding carboxylic acids is 1. The molecule has 2 heterocycles. The Hall–Kier alpha value is -2.07. The van der Waals surface area contributed by atoms with Crippen LogP contribution in [0.3, 0.4) is 0 Å². The highest BCUT2D eigenvalue weighted by atomic mass is 35.5. The lowest BCUT2D eigenvalue weighted by atomic mass is 10.0. The first-order valence-electron chi connectivity index (χ1n) is 6.32. The number of nitrogens with zero attached hydrogens (tertiary/aromatic N) is 1. The fourth-order valence-corrected chi connectivity index (χ4v) is 2.57. The molecular weight excluding hydrogens is 276 g/mol. The van der Waals surface area contributed by atoms with E-state index in [-0.39, 0.29) is 12.2 Å². The van der Waals surface area contributed by atoms with Crippen LogP contribution in [0.25, 0.3) is 0 Å². The molecule has 0 saturated heterocycles. The van der Waals surface area contributed by atoms with E-state index in [4.69, 9.17) is 22.1 Å². The molecule has 20 heavy (non-hydrogen) atoms. The van der Waals surface area contributed by atoms with Gasteiger partial charge in [-0.05, 0) is 29.8 Å². The van der Waals surface area contributed by atoms with E-state index in [9.17, 15) is 4.79 Å². The average Bonchev–Trinajstić information content (AvgIpc) is 2.87. The normalized spacial score (nSPS) is 12.8. The van der Waals surface area contributed by atoms with Gasteiger partial charge < -0.3 is 10.5 Å². The minimum atomic E-state index is -0.0787. The molecule has 1 aliphatic rings. The summed E-state index contributed by atoms with van der Waals surface area (Å²) < 4.78 is 5.59. The number of halogens is 1. The molecular formula is C15H13ClN2O2. The zero-order valence-corrected chi connectivity index (χ0v) is 11.5. The zero-order valence-electron chi connectivity index (χ0n) is 10.7. The predicted octanol–water partition coefficient (Wildman–Crippen LogP) is 2.68. The van der Waals surface area contributed by atoms with Crippen LogP contribution in [-0.4, -0.2) is 17.4 Å².